The van der Waals surface area contributed by atoms with E-state index in [-0.39, 0.29) is 5.54 Å². The number of nitrogens with one attached hydrogen (secondary N) is 2. The van der Waals surface area contributed by atoms with Gasteiger partial charge in [-0.3, -0.25) is 0 Å². The lowest BCUT2D eigenvalue weighted by Crippen LogP contribution is -2.45. The van der Waals surface area contributed by atoms with Crippen molar-refractivity contribution in [2.75, 3.05) is 13.1 Å². The van der Waals surface area contributed by atoms with Crippen molar-refractivity contribution in [1.82, 2.24) is 10.6 Å². The summed E-state index contributed by atoms with van der Waals surface area (Å²) in [4.78, 5) is 0. The molecule has 0 fully saturated rings. The Kier molecular flexibility index (Phi) is 6.38. The number of rotatable bonds is 6. The summed E-state index contributed by atoms with van der Waals surface area (Å²) in [5, 5.41) is 7.04. The molecule has 0 amide bonds. The van der Waals surface area contributed by atoms with E-state index in [1.165, 1.54) is 6.42 Å². The van der Waals surface area contributed by atoms with E-state index in [9.17, 15) is 0 Å². The summed E-state index contributed by atoms with van der Waals surface area (Å²) in [5.41, 5.74) is 0.228. The Morgan fingerprint density at radius 1 is 1.07 bits per heavy atom. The first-order valence-electron chi connectivity index (χ1n) is 5.83. The zero-order valence-corrected chi connectivity index (χ0v) is 10.8. The smallest absolute Gasteiger partial charge is 0.0164 e. The van der Waals surface area contributed by atoms with E-state index in [0.29, 0.717) is 6.04 Å². The van der Waals surface area contributed by atoms with Crippen LogP contribution >= 0.6 is 0 Å². The van der Waals surface area contributed by atoms with Gasteiger partial charge < -0.3 is 10.6 Å². The van der Waals surface area contributed by atoms with Crippen molar-refractivity contribution in [3.63, 3.8) is 0 Å². The van der Waals surface area contributed by atoms with Crippen molar-refractivity contribution in [1.29, 1.82) is 0 Å². The molecular weight excluding hydrogens is 172 g/mol. The van der Waals surface area contributed by atoms with Crippen LogP contribution in [-0.2, 0) is 0 Å². The molecule has 0 heterocycles. The molecule has 2 nitrogen and oxygen atoms in total. The van der Waals surface area contributed by atoms with Gasteiger partial charge in [-0.25, -0.2) is 0 Å². The second-order valence-corrected chi connectivity index (χ2v) is 5.45. The molecule has 2 unspecified atom stereocenters. The molecule has 2 atom stereocenters. The van der Waals surface area contributed by atoms with Gasteiger partial charge in [-0.05, 0) is 40.2 Å². The first-order valence-corrected chi connectivity index (χ1v) is 5.83. The molecule has 14 heavy (non-hydrogen) atoms. The average Bonchev–Trinajstić information content (AvgIpc) is 2.09. The fraction of sp³-hybridized carbons (Fsp3) is 1.00. The summed E-state index contributed by atoms with van der Waals surface area (Å²) in [5.74, 6) is 0.784. The number of hydrogen-bond acceptors (Lipinski definition) is 2. The Hall–Kier alpha value is -0.0800. The second-order valence-electron chi connectivity index (χ2n) is 5.45. The molecule has 0 aromatic heterocycles. The van der Waals surface area contributed by atoms with Gasteiger partial charge in [-0.1, -0.05) is 20.3 Å². The molecular formula is C12H28N2. The number of hydrogen-bond donors (Lipinski definition) is 2. The molecule has 0 saturated heterocycles. The molecule has 2 N–H and O–H groups in total. The lowest BCUT2D eigenvalue weighted by Gasteiger charge is -2.24. The predicted octanol–water partition coefficient (Wildman–Crippen LogP) is 2.40. The highest BCUT2D eigenvalue weighted by Crippen LogP contribution is 2.00. The zero-order chi connectivity index (χ0) is 11.2. The minimum atomic E-state index is 0.228. The van der Waals surface area contributed by atoms with Crippen LogP contribution in [0.4, 0.5) is 0 Å². The fourth-order valence-electron chi connectivity index (χ4n) is 1.08. The summed E-state index contributed by atoms with van der Waals surface area (Å²) in [6, 6.07) is 0.559. The van der Waals surface area contributed by atoms with Crippen LogP contribution < -0.4 is 10.6 Å². The van der Waals surface area contributed by atoms with Crippen molar-refractivity contribution in [3.8, 4) is 0 Å². The van der Waals surface area contributed by atoms with Crippen molar-refractivity contribution in [3.05, 3.63) is 0 Å². The Bertz CT molecular complexity index is 138. The maximum Gasteiger partial charge on any atom is 0.0164 e. The molecule has 0 saturated carbocycles. The molecule has 86 valence electrons. The van der Waals surface area contributed by atoms with Crippen LogP contribution in [0.5, 0.6) is 0 Å². The second kappa shape index (κ2) is 6.41. The van der Waals surface area contributed by atoms with Crippen LogP contribution in [0.25, 0.3) is 0 Å². The summed E-state index contributed by atoms with van der Waals surface area (Å²) in [6.45, 7) is 15.5. The largest absolute Gasteiger partial charge is 0.313 e. The highest BCUT2D eigenvalue weighted by atomic mass is 15.0. The van der Waals surface area contributed by atoms with Crippen LogP contribution in [0.1, 0.15) is 48.0 Å². The molecule has 0 aromatic rings. The highest BCUT2D eigenvalue weighted by molar-refractivity contribution is 4.74. The molecule has 0 aliphatic heterocycles. The monoisotopic (exact) mass is 200 g/mol. The molecule has 2 heteroatoms. The quantitative estimate of drug-likeness (QED) is 0.688. The van der Waals surface area contributed by atoms with Gasteiger partial charge in [0.2, 0.25) is 0 Å². The lowest BCUT2D eigenvalue weighted by atomic mass is 10.1. The van der Waals surface area contributed by atoms with E-state index < -0.39 is 0 Å². The predicted molar refractivity (Wildman–Crippen MR) is 64.7 cm³/mol. The summed E-state index contributed by atoms with van der Waals surface area (Å²) >= 11 is 0. The van der Waals surface area contributed by atoms with E-state index in [2.05, 4.69) is 52.2 Å². The van der Waals surface area contributed by atoms with Gasteiger partial charge in [-0.15, -0.1) is 0 Å². The molecule has 0 rings (SSSR count). The fourth-order valence-corrected chi connectivity index (χ4v) is 1.08. The molecule has 0 aliphatic rings. The first kappa shape index (κ1) is 13.9. The van der Waals surface area contributed by atoms with Crippen molar-refractivity contribution in [2.24, 2.45) is 5.92 Å². The third-order valence-corrected chi connectivity index (χ3v) is 2.45. The van der Waals surface area contributed by atoms with Crippen molar-refractivity contribution < 1.29 is 0 Å². The van der Waals surface area contributed by atoms with Gasteiger partial charge in [0.25, 0.3) is 0 Å². The first-order chi connectivity index (χ1) is 6.35. The van der Waals surface area contributed by atoms with E-state index in [4.69, 9.17) is 0 Å². The van der Waals surface area contributed by atoms with Gasteiger partial charge >= 0.3 is 0 Å². The van der Waals surface area contributed by atoms with E-state index in [0.717, 1.165) is 19.0 Å². The van der Waals surface area contributed by atoms with Crippen LogP contribution in [0, 0.1) is 5.92 Å². The van der Waals surface area contributed by atoms with E-state index >= 15 is 0 Å². The standard InChI is InChI=1S/C12H28N2/c1-7-10(2)8-13-11(3)9-14-12(4,5)6/h10-11,13-14H,7-9H2,1-6H3. The van der Waals surface area contributed by atoms with Crippen LogP contribution in [0.15, 0.2) is 0 Å². The Morgan fingerprint density at radius 2 is 1.64 bits per heavy atom. The third-order valence-electron chi connectivity index (χ3n) is 2.45. The SMILES string of the molecule is CCC(C)CNC(C)CNC(C)(C)C. The Morgan fingerprint density at radius 3 is 2.07 bits per heavy atom. The van der Waals surface area contributed by atoms with E-state index in [1.54, 1.807) is 0 Å². The minimum absolute atomic E-state index is 0.228. The normalized spacial score (nSPS) is 16.7. The highest BCUT2D eigenvalue weighted by Gasteiger charge is 2.10. The molecule has 0 bridgehead atoms. The van der Waals surface area contributed by atoms with Gasteiger partial charge in [0.05, 0.1) is 0 Å². The maximum atomic E-state index is 3.54. The summed E-state index contributed by atoms with van der Waals surface area (Å²) < 4.78 is 0. The van der Waals surface area contributed by atoms with Gasteiger partial charge in [0.15, 0.2) is 0 Å². The Balaban J connectivity index is 3.51. The van der Waals surface area contributed by atoms with Crippen molar-refractivity contribution >= 4 is 0 Å². The zero-order valence-electron chi connectivity index (χ0n) is 10.8. The molecule has 0 radical (unpaired) electrons. The average molecular weight is 200 g/mol. The molecule has 0 aliphatic carbocycles. The van der Waals surface area contributed by atoms with Crippen molar-refractivity contribution in [2.45, 2.75) is 59.5 Å². The van der Waals surface area contributed by atoms with Crippen LogP contribution in [0.2, 0.25) is 0 Å². The van der Waals surface area contributed by atoms with Gasteiger partial charge in [-0.2, -0.15) is 0 Å². The topological polar surface area (TPSA) is 24.1 Å². The molecule has 0 aromatic carbocycles. The summed E-state index contributed by atoms with van der Waals surface area (Å²) in [6.07, 6.45) is 1.26. The van der Waals surface area contributed by atoms with E-state index in [1.807, 2.05) is 0 Å². The van der Waals surface area contributed by atoms with Crippen LogP contribution in [0.3, 0.4) is 0 Å². The minimum Gasteiger partial charge on any atom is -0.313 e. The van der Waals surface area contributed by atoms with Gasteiger partial charge in [0.1, 0.15) is 0 Å². The lowest BCUT2D eigenvalue weighted by molar-refractivity contribution is 0.373. The van der Waals surface area contributed by atoms with Gasteiger partial charge in [0, 0.05) is 18.1 Å². The summed E-state index contributed by atoms with van der Waals surface area (Å²) in [7, 11) is 0. The molecule has 0 spiro atoms. The third kappa shape index (κ3) is 8.52. The van der Waals surface area contributed by atoms with Crippen LogP contribution in [-0.4, -0.2) is 24.7 Å². The Labute approximate surface area is 89.9 Å². The maximum absolute atomic E-state index is 3.54.